The number of nitrogens with zero attached hydrogens (tertiary/aromatic N) is 1. The minimum Gasteiger partial charge on any atom is -0.314 e. The lowest BCUT2D eigenvalue weighted by Crippen LogP contribution is -2.45. The zero-order valence-corrected chi connectivity index (χ0v) is 13.1. The summed E-state index contributed by atoms with van der Waals surface area (Å²) in [5, 5.41) is 5.02. The molecule has 23 heavy (non-hydrogen) atoms. The van der Waals surface area contributed by atoms with Crippen molar-refractivity contribution in [3.63, 3.8) is 0 Å². The van der Waals surface area contributed by atoms with Crippen molar-refractivity contribution in [2.24, 2.45) is 0 Å². The zero-order valence-electron chi connectivity index (χ0n) is 12.2. The molecule has 0 amide bonds. The Labute approximate surface area is 135 Å². The van der Waals surface area contributed by atoms with Gasteiger partial charge < -0.3 is 5.32 Å². The number of halogens is 4. The molecule has 1 aliphatic heterocycles. The van der Waals surface area contributed by atoms with Crippen LogP contribution in [0.25, 0.3) is 0 Å². The highest BCUT2D eigenvalue weighted by molar-refractivity contribution is 7.10. The largest absolute Gasteiger partial charge is 0.419 e. The molecule has 1 N–H and O–H groups in total. The predicted molar refractivity (Wildman–Crippen MR) is 82.0 cm³/mol. The van der Waals surface area contributed by atoms with Gasteiger partial charge in [0.2, 0.25) is 0 Å². The molecule has 1 aromatic heterocycles. The third-order valence-corrected chi connectivity index (χ3v) is 4.88. The number of alkyl halides is 3. The summed E-state index contributed by atoms with van der Waals surface area (Å²) in [6.45, 7) is 2.66. The number of hydrogen-bond donors (Lipinski definition) is 1. The first-order valence-electron chi connectivity index (χ1n) is 7.32. The molecule has 0 radical (unpaired) electrons. The molecule has 0 bridgehead atoms. The van der Waals surface area contributed by atoms with Crippen LogP contribution in [0.4, 0.5) is 17.6 Å². The third kappa shape index (κ3) is 3.41. The molecule has 1 atom stereocenters. The van der Waals surface area contributed by atoms with Gasteiger partial charge in [-0.25, -0.2) is 4.39 Å². The van der Waals surface area contributed by atoms with Crippen LogP contribution in [0.5, 0.6) is 0 Å². The van der Waals surface area contributed by atoms with Crippen molar-refractivity contribution in [2.75, 3.05) is 26.2 Å². The van der Waals surface area contributed by atoms with Crippen LogP contribution in [0.3, 0.4) is 0 Å². The van der Waals surface area contributed by atoms with Gasteiger partial charge in [-0.3, -0.25) is 4.90 Å². The van der Waals surface area contributed by atoms with Crippen molar-refractivity contribution >= 4 is 11.3 Å². The number of benzene rings is 1. The van der Waals surface area contributed by atoms with Crippen molar-refractivity contribution in [1.82, 2.24) is 10.2 Å². The van der Waals surface area contributed by atoms with Crippen LogP contribution in [-0.2, 0) is 6.18 Å². The molecule has 2 aromatic rings. The zero-order chi connectivity index (χ0) is 16.4. The van der Waals surface area contributed by atoms with E-state index in [1.807, 2.05) is 22.4 Å². The molecule has 1 fully saturated rings. The molecule has 2 heterocycles. The van der Waals surface area contributed by atoms with Crippen molar-refractivity contribution in [3.05, 3.63) is 57.5 Å². The average molecular weight is 344 g/mol. The van der Waals surface area contributed by atoms with Gasteiger partial charge in [-0.2, -0.15) is 13.2 Å². The molecule has 3 rings (SSSR count). The van der Waals surface area contributed by atoms with Crippen molar-refractivity contribution < 1.29 is 17.6 Å². The Morgan fingerprint density at radius 2 is 1.83 bits per heavy atom. The summed E-state index contributed by atoms with van der Waals surface area (Å²) in [5.41, 5.74) is -1.17. The predicted octanol–water partition coefficient (Wildman–Crippen LogP) is 3.90. The quantitative estimate of drug-likeness (QED) is 0.850. The molecule has 7 heteroatoms. The summed E-state index contributed by atoms with van der Waals surface area (Å²) in [5.74, 6) is -1.22. The highest BCUT2D eigenvalue weighted by Gasteiger charge is 2.40. The van der Waals surface area contributed by atoms with E-state index in [0.29, 0.717) is 26.2 Å². The summed E-state index contributed by atoms with van der Waals surface area (Å²) >= 11 is 1.39. The standard InChI is InChI=1S/C16H16F4N2S/c17-12-4-1-3-11(14(12)16(18,19)20)15(13-5-2-10-23-13)22-8-6-21-7-9-22/h1-5,10,15,21H,6-9H2/t15-/m0/s1. The Balaban J connectivity index is 2.12. The second kappa shape index (κ2) is 6.59. The minimum atomic E-state index is -4.72. The first-order valence-corrected chi connectivity index (χ1v) is 8.20. The van der Waals surface area contributed by atoms with Crippen LogP contribution in [-0.4, -0.2) is 31.1 Å². The first kappa shape index (κ1) is 16.4. The molecule has 0 spiro atoms. The van der Waals surface area contributed by atoms with Gasteiger partial charge in [-0.05, 0) is 23.1 Å². The van der Waals surface area contributed by atoms with Crippen molar-refractivity contribution in [3.8, 4) is 0 Å². The van der Waals surface area contributed by atoms with E-state index < -0.39 is 23.6 Å². The Kier molecular flexibility index (Phi) is 4.70. The van der Waals surface area contributed by atoms with Crippen LogP contribution in [0.1, 0.15) is 22.0 Å². The molecule has 2 nitrogen and oxygen atoms in total. The maximum atomic E-state index is 14.0. The van der Waals surface area contributed by atoms with E-state index in [2.05, 4.69) is 5.32 Å². The first-order chi connectivity index (χ1) is 11.0. The number of piperazine rings is 1. The number of thiophene rings is 1. The second-order valence-electron chi connectivity index (χ2n) is 5.41. The lowest BCUT2D eigenvalue weighted by atomic mass is 9.96. The smallest absolute Gasteiger partial charge is 0.314 e. The molecule has 1 saturated heterocycles. The second-order valence-corrected chi connectivity index (χ2v) is 6.39. The van der Waals surface area contributed by atoms with Crippen LogP contribution >= 0.6 is 11.3 Å². The highest BCUT2D eigenvalue weighted by Crippen LogP contribution is 2.41. The van der Waals surface area contributed by atoms with Gasteiger partial charge in [0.15, 0.2) is 0 Å². The molecule has 0 aliphatic carbocycles. The maximum absolute atomic E-state index is 14.0. The van der Waals surface area contributed by atoms with Crippen molar-refractivity contribution in [2.45, 2.75) is 12.2 Å². The molecule has 0 unspecified atom stereocenters. The molecule has 0 saturated carbocycles. The summed E-state index contributed by atoms with van der Waals surface area (Å²) in [6.07, 6.45) is -4.72. The fraction of sp³-hybridized carbons (Fsp3) is 0.375. The number of hydrogen-bond acceptors (Lipinski definition) is 3. The van der Waals surface area contributed by atoms with E-state index in [1.165, 1.54) is 23.5 Å². The Morgan fingerprint density at radius 1 is 1.09 bits per heavy atom. The summed E-state index contributed by atoms with van der Waals surface area (Å²) in [4.78, 5) is 2.77. The Morgan fingerprint density at radius 3 is 2.43 bits per heavy atom. The number of nitrogens with one attached hydrogen (secondary N) is 1. The SMILES string of the molecule is Fc1cccc([C@@H](c2cccs2)N2CCNCC2)c1C(F)(F)F. The monoisotopic (exact) mass is 344 g/mol. The molecule has 1 aliphatic rings. The van der Waals surface area contributed by atoms with Gasteiger partial charge in [0.25, 0.3) is 0 Å². The van der Waals surface area contributed by atoms with E-state index in [1.54, 1.807) is 0 Å². The fourth-order valence-electron chi connectivity index (χ4n) is 2.98. The van der Waals surface area contributed by atoms with Crippen molar-refractivity contribution in [1.29, 1.82) is 0 Å². The molecular formula is C16H16F4N2S. The lowest BCUT2D eigenvalue weighted by molar-refractivity contribution is -0.141. The van der Waals surface area contributed by atoms with Crippen LogP contribution < -0.4 is 5.32 Å². The van der Waals surface area contributed by atoms with E-state index in [9.17, 15) is 17.6 Å². The normalized spacial score (nSPS) is 18.1. The van der Waals surface area contributed by atoms with Crippen LogP contribution in [0.2, 0.25) is 0 Å². The molecule has 124 valence electrons. The number of rotatable bonds is 3. The van der Waals surface area contributed by atoms with Gasteiger partial charge in [-0.15, -0.1) is 11.3 Å². The van der Waals surface area contributed by atoms with E-state index in [-0.39, 0.29) is 5.56 Å². The van der Waals surface area contributed by atoms with Gasteiger partial charge in [-0.1, -0.05) is 18.2 Å². The Bertz CT molecular complexity index is 649. The molecular weight excluding hydrogens is 328 g/mol. The summed E-state index contributed by atoms with van der Waals surface area (Å²) < 4.78 is 54.2. The topological polar surface area (TPSA) is 15.3 Å². The minimum absolute atomic E-state index is 0.0122. The van der Waals surface area contributed by atoms with E-state index in [0.717, 1.165) is 10.9 Å². The average Bonchev–Trinajstić information content (AvgIpc) is 3.01. The van der Waals surface area contributed by atoms with E-state index >= 15 is 0 Å². The van der Waals surface area contributed by atoms with Gasteiger partial charge >= 0.3 is 6.18 Å². The van der Waals surface area contributed by atoms with E-state index in [4.69, 9.17) is 0 Å². The Hall–Kier alpha value is -1.44. The van der Waals surface area contributed by atoms with Gasteiger partial charge in [0.05, 0.1) is 11.6 Å². The van der Waals surface area contributed by atoms with Crippen LogP contribution in [0.15, 0.2) is 35.7 Å². The van der Waals surface area contributed by atoms with Gasteiger partial charge in [0, 0.05) is 31.1 Å². The summed E-state index contributed by atoms with van der Waals surface area (Å²) in [7, 11) is 0. The maximum Gasteiger partial charge on any atom is 0.419 e. The third-order valence-electron chi connectivity index (χ3n) is 3.95. The summed E-state index contributed by atoms with van der Waals surface area (Å²) in [6, 6.07) is 6.64. The highest BCUT2D eigenvalue weighted by atomic mass is 32.1. The fourth-order valence-corrected chi connectivity index (χ4v) is 3.86. The lowest BCUT2D eigenvalue weighted by Gasteiger charge is -2.35. The van der Waals surface area contributed by atoms with Crippen LogP contribution in [0, 0.1) is 5.82 Å². The molecule has 1 aromatic carbocycles. The van der Waals surface area contributed by atoms with Gasteiger partial charge in [0.1, 0.15) is 5.82 Å².